The first-order valence-corrected chi connectivity index (χ1v) is 6.97. The number of ether oxygens (including phenoxy) is 1. The molecule has 4 nitrogen and oxygen atoms in total. The van der Waals surface area contributed by atoms with E-state index in [-0.39, 0.29) is 10.2 Å². The van der Waals surface area contributed by atoms with Gasteiger partial charge in [-0.05, 0) is 41.1 Å². The Labute approximate surface area is 128 Å². The van der Waals surface area contributed by atoms with E-state index in [4.69, 9.17) is 0 Å². The summed E-state index contributed by atoms with van der Waals surface area (Å²) in [5, 5.41) is 7.25. The fourth-order valence-corrected chi connectivity index (χ4v) is 2.15. The van der Waals surface area contributed by atoms with Gasteiger partial charge in [-0.3, -0.25) is 4.68 Å². The molecule has 0 fully saturated rings. The highest BCUT2D eigenvalue weighted by Gasteiger charge is 2.31. The Morgan fingerprint density at radius 1 is 1.38 bits per heavy atom. The van der Waals surface area contributed by atoms with Crippen molar-refractivity contribution in [2.45, 2.75) is 26.4 Å². The molecular formula is C13H13BrF3N3O. The van der Waals surface area contributed by atoms with Crippen molar-refractivity contribution < 1.29 is 17.9 Å². The lowest BCUT2D eigenvalue weighted by molar-refractivity contribution is -0.274. The second-order valence-electron chi connectivity index (χ2n) is 4.25. The van der Waals surface area contributed by atoms with Crippen LogP contribution < -0.4 is 10.1 Å². The molecule has 0 atom stereocenters. The summed E-state index contributed by atoms with van der Waals surface area (Å²) >= 11 is 3.06. The maximum absolute atomic E-state index is 12.2. The number of benzene rings is 1. The van der Waals surface area contributed by atoms with Crippen LogP contribution in [0.5, 0.6) is 5.75 Å². The standard InChI is InChI=1S/C13H13BrF3N3O/c1-2-20-8-9(7-19-20)6-18-10-3-4-12(11(14)5-10)21-13(15,16)17/h3-5,7-8,18H,2,6H2,1H3. The Bertz CT molecular complexity index is 613. The van der Waals surface area contributed by atoms with Crippen LogP contribution in [-0.4, -0.2) is 16.1 Å². The Kier molecular flexibility index (Phi) is 4.76. The molecule has 0 aliphatic carbocycles. The van der Waals surface area contributed by atoms with Gasteiger partial charge in [-0.25, -0.2) is 0 Å². The van der Waals surface area contributed by atoms with Crippen LogP contribution in [0.15, 0.2) is 35.1 Å². The summed E-state index contributed by atoms with van der Waals surface area (Å²) in [4.78, 5) is 0. The van der Waals surface area contributed by atoms with Crippen molar-refractivity contribution >= 4 is 21.6 Å². The number of aryl methyl sites for hydroxylation is 1. The van der Waals surface area contributed by atoms with Gasteiger partial charge in [0, 0.05) is 30.5 Å². The lowest BCUT2D eigenvalue weighted by Crippen LogP contribution is -2.17. The number of rotatable bonds is 5. The van der Waals surface area contributed by atoms with Crippen LogP contribution in [0.2, 0.25) is 0 Å². The third-order valence-corrected chi connectivity index (χ3v) is 3.28. The molecule has 0 saturated heterocycles. The summed E-state index contributed by atoms with van der Waals surface area (Å²) in [6.45, 7) is 3.31. The molecule has 2 aromatic rings. The maximum Gasteiger partial charge on any atom is 0.573 e. The van der Waals surface area contributed by atoms with Crippen LogP contribution in [0.1, 0.15) is 12.5 Å². The van der Waals surface area contributed by atoms with Crippen LogP contribution in [0.25, 0.3) is 0 Å². The highest BCUT2D eigenvalue weighted by molar-refractivity contribution is 9.10. The number of nitrogens with one attached hydrogen (secondary N) is 1. The maximum atomic E-state index is 12.2. The Hall–Kier alpha value is -1.70. The molecule has 0 radical (unpaired) electrons. The number of anilines is 1. The van der Waals surface area contributed by atoms with Gasteiger partial charge in [0.25, 0.3) is 0 Å². The average molecular weight is 364 g/mol. The Balaban J connectivity index is 1.99. The second-order valence-corrected chi connectivity index (χ2v) is 5.11. The summed E-state index contributed by atoms with van der Waals surface area (Å²) in [7, 11) is 0. The van der Waals surface area contributed by atoms with Gasteiger partial charge in [-0.2, -0.15) is 5.10 Å². The average Bonchev–Trinajstić information content (AvgIpc) is 2.86. The molecule has 0 aliphatic heterocycles. The smallest absolute Gasteiger partial charge is 0.405 e. The minimum atomic E-state index is -4.70. The summed E-state index contributed by atoms with van der Waals surface area (Å²) < 4.78 is 42.4. The predicted molar refractivity (Wildman–Crippen MR) is 76.1 cm³/mol. The molecular weight excluding hydrogens is 351 g/mol. The lowest BCUT2D eigenvalue weighted by atomic mass is 10.3. The van der Waals surface area contributed by atoms with Gasteiger partial charge in [-0.15, -0.1) is 13.2 Å². The predicted octanol–water partition coefficient (Wildman–Crippen LogP) is 4.18. The first kappa shape index (κ1) is 15.7. The van der Waals surface area contributed by atoms with Crippen molar-refractivity contribution in [1.29, 1.82) is 0 Å². The largest absolute Gasteiger partial charge is 0.573 e. The van der Waals surface area contributed by atoms with E-state index in [9.17, 15) is 13.2 Å². The zero-order valence-corrected chi connectivity index (χ0v) is 12.7. The molecule has 8 heteroatoms. The van der Waals surface area contributed by atoms with Gasteiger partial charge in [0.05, 0.1) is 10.7 Å². The Morgan fingerprint density at radius 2 is 2.14 bits per heavy atom. The second kappa shape index (κ2) is 6.38. The molecule has 0 saturated carbocycles. The van der Waals surface area contributed by atoms with Crippen molar-refractivity contribution in [3.05, 3.63) is 40.6 Å². The quantitative estimate of drug-likeness (QED) is 0.866. The topological polar surface area (TPSA) is 39.1 Å². The Morgan fingerprint density at radius 3 is 2.71 bits per heavy atom. The highest BCUT2D eigenvalue weighted by atomic mass is 79.9. The fourth-order valence-electron chi connectivity index (χ4n) is 1.69. The number of hydrogen-bond acceptors (Lipinski definition) is 3. The minimum absolute atomic E-state index is 0.231. The van der Waals surface area contributed by atoms with E-state index < -0.39 is 6.36 Å². The van der Waals surface area contributed by atoms with Crippen molar-refractivity contribution in [1.82, 2.24) is 9.78 Å². The van der Waals surface area contributed by atoms with E-state index in [2.05, 4.69) is 31.1 Å². The van der Waals surface area contributed by atoms with Crippen molar-refractivity contribution in [3.63, 3.8) is 0 Å². The molecule has 1 aromatic heterocycles. The number of hydrogen-bond donors (Lipinski definition) is 1. The van der Waals surface area contributed by atoms with Gasteiger partial charge in [0.15, 0.2) is 0 Å². The van der Waals surface area contributed by atoms with Crippen molar-refractivity contribution in [2.75, 3.05) is 5.32 Å². The van der Waals surface area contributed by atoms with E-state index in [0.717, 1.165) is 12.1 Å². The highest BCUT2D eigenvalue weighted by Crippen LogP contribution is 2.32. The lowest BCUT2D eigenvalue weighted by Gasteiger charge is -2.12. The molecule has 0 amide bonds. The van der Waals surface area contributed by atoms with E-state index in [0.29, 0.717) is 12.2 Å². The monoisotopic (exact) mass is 363 g/mol. The molecule has 0 bridgehead atoms. The van der Waals surface area contributed by atoms with Gasteiger partial charge in [-0.1, -0.05) is 0 Å². The molecule has 1 N–H and O–H groups in total. The first-order chi connectivity index (χ1) is 9.87. The minimum Gasteiger partial charge on any atom is -0.405 e. The van der Waals surface area contributed by atoms with Crippen molar-refractivity contribution in [2.24, 2.45) is 0 Å². The van der Waals surface area contributed by atoms with E-state index >= 15 is 0 Å². The fraction of sp³-hybridized carbons (Fsp3) is 0.308. The molecule has 1 heterocycles. The van der Waals surface area contributed by atoms with Crippen LogP contribution in [0.4, 0.5) is 18.9 Å². The summed E-state index contributed by atoms with van der Waals surface area (Å²) in [6, 6.07) is 4.32. The van der Waals surface area contributed by atoms with Gasteiger partial charge in [0.1, 0.15) is 5.75 Å². The van der Waals surface area contributed by atoms with E-state index in [1.807, 2.05) is 13.1 Å². The summed E-state index contributed by atoms with van der Waals surface area (Å²) in [5.41, 5.74) is 1.67. The molecule has 114 valence electrons. The SMILES string of the molecule is CCn1cc(CNc2ccc(OC(F)(F)F)c(Br)c2)cn1. The summed E-state index contributed by atoms with van der Waals surface area (Å²) in [5.74, 6) is -0.271. The number of halogens is 4. The number of alkyl halides is 3. The number of aromatic nitrogens is 2. The van der Waals surface area contributed by atoms with Crippen molar-refractivity contribution in [3.8, 4) is 5.75 Å². The molecule has 1 aromatic carbocycles. The zero-order valence-electron chi connectivity index (χ0n) is 11.1. The van der Waals surface area contributed by atoms with Gasteiger partial charge >= 0.3 is 6.36 Å². The van der Waals surface area contributed by atoms with Gasteiger partial charge < -0.3 is 10.1 Å². The normalized spacial score (nSPS) is 11.5. The van der Waals surface area contributed by atoms with Crippen LogP contribution >= 0.6 is 15.9 Å². The van der Waals surface area contributed by atoms with Crippen LogP contribution in [0.3, 0.4) is 0 Å². The third-order valence-electron chi connectivity index (χ3n) is 2.66. The zero-order chi connectivity index (χ0) is 15.5. The molecule has 0 unspecified atom stereocenters. The van der Waals surface area contributed by atoms with Crippen LogP contribution in [-0.2, 0) is 13.1 Å². The van der Waals surface area contributed by atoms with Gasteiger partial charge in [0.2, 0.25) is 0 Å². The third kappa shape index (κ3) is 4.66. The molecule has 2 rings (SSSR count). The summed E-state index contributed by atoms with van der Waals surface area (Å²) in [6.07, 6.45) is -1.05. The molecule has 21 heavy (non-hydrogen) atoms. The molecule has 0 aliphatic rings. The molecule has 0 spiro atoms. The number of nitrogens with zero attached hydrogens (tertiary/aromatic N) is 2. The first-order valence-electron chi connectivity index (χ1n) is 6.18. The van der Waals surface area contributed by atoms with E-state index in [1.54, 1.807) is 10.9 Å². The van der Waals surface area contributed by atoms with E-state index in [1.165, 1.54) is 18.2 Å². The van der Waals surface area contributed by atoms with Crippen LogP contribution in [0, 0.1) is 0 Å².